The Kier molecular flexibility index (Phi) is 4.66. The Hall–Kier alpha value is -1.01. The summed E-state index contributed by atoms with van der Waals surface area (Å²) in [6.45, 7) is 9.04. The highest BCUT2D eigenvalue weighted by Gasteiger charge is 2.28. The zero-order valence-corrected chi connectivity index (χ0v) is 11.5. The standard InChI is InChI=1S/C12H23N5O/c1-4-6-13-10(3)12-14-15-16-17(12)11-5-7-18-8-9(11)2/h9-11,13H,4-8H2,1-3H3. The number of ether oxygens (including phenoxy) is 1. The molecule has 0 aliphatic carbocycles. The van der Waals surface area contributed by atoms with E-state index < -0.39 is 0 Å². The molecule has 3 unspecified atom stereocenters. The summed E-state index contributed by atoms with van der Waals surface area (Å²) >= 11 is 0. The molecule has 0 saturated carbocycles. The van der Waals surface area contributed by atoms with E-state index in [-0.39, 0.29) is 6.04 Å². The van der Waals surface area contributed by atoms with Crippen LogP contribution in [0.25, 0.3) is 0 Å². The molecule has 1 saturated heterocycles. The number of hydrogen-bond donors (Lipinski definition) is 1. The fourth-order valence-electron chi connectivity index (χ4n) is 2.41. The van der Waals surface area contributed by atoms with Gasteiger partial charge >= 0.3 is 0 Å². The molecule has 0 aromatic carbocycles. The highest BCUT2D eigenvalue weighted by atomic mass is 16.5. The van der Waals surface area contributed by atoms with E-state index in [1.54, 1.807) is 0 Å². The molecule has 102 valence electrons. The molecule has 2 rings (SSSR count). The zero-order chi connectivity index (χ0) is 13.0. The van der Waals surface area contributed by atoms with E-state index in [4.69, 9.17) is 4.74 Å². The van der Waals surface area contributed by atoms with Crippen LogP contribution in [0.15, 0.2) is 0 Å². The smallest absolute Gasteiger partial charge is 0.168 e. The Morgan fingerprint density at radius 2 is 2.39 bits per heavy atom. The highest BCUT2D eigenvalue weighted by Crippen LogP contribution is 2.27. The Bertz CT molecular complexity index is 367. The van der Waals surface area contributed by atoms with E-state index in [9.17, 15) is 0 Å². The van der Waals surface area contributed by atoms with Crippen LogP contribution in [-0.4, -0.2) is 40.0 Å². The molecular weight excluding hydrogens is 230 g/mol. The molecular formula is C12H23N5O. The van der Waals surface area contributed by atoms with E-state index in [0.717, 1.165) is 38.4 Å². The van der Waals surface area contributed by atoms with Crippen molar-refractivity contribution in [2.24, 2.45) is 5.92 Å². The van der Waals surface area contributed by atoms with Gasteiger partial charge in [-0.25, -0.2) is 4.68 Å². The normalized spacial score (nSPS) is 26.2. The third-order valence-electron chi connectivity index (χ3n) is 3.52. The summed E-state index contributed by atoms with van der Waals surface area (Å²) in [6.07, 6.45) is 2.10. The highest BCUT2D eigenvalue weighted by molar-refractivity contribution is 4.93. The first-order valence-corrected chi connectivity index (χ1v) is 6.83. The van der Waals surface area contributed by atoms with Crippen molar-refractivity contribution in [3.8, 4) is 0 Å². The van der Waals surface area contributed by atoms with Crippen molar-refractivity contribution in [1.29, 1.82) is 0 Å². The Morgan fingerprint density at radius 1 is 1.56 bits per heavy atom. The molecule has 6 nitrogen and oxygen atoms in total. The zero-order valence-electron chi connectivity index (χ0n) is 11.5. The fourth-order valence-corrected chi connectivity index (χ4v) is 2.41. The van der Waals surface area contributed by atoms with Crippen molar-refractivity contribution in [3.05, 3.63) is 5.82 Å². The van der Waals surface area contributed by atoms with Crippen LogP contribution in [0.4, 0.5) is 0 Å². The number of tetrazole rings is 1. The third kappa shape index (κ3) is 2.87. The summed E-state index contributed by atoms with van der Waals surface area (Å²) in [4.78, 5) is 0. The van der Waals surface area contributed by atoms with Crippen LogP contribution in [0, 0.1) is 5.92 Å². The quantitative estimate of drug-likeness (QED) is 0.857. The van der Waals surface area contributed by atoms with Crippen LogP contribution in [0.2, 0.25) is 0 Å². The molecule has 1 aromatic rings. The van der Waals surface area contributed by atoms with Crippen LogP contribution in [0.1, 0.15) is 51.5 Å². The van der Waals surface area contributed by atoms with Gasteiger partial charge in [0.25, 0.3) is 0 Å². The average molecular weight is 253 g/mol. The molecule has 1 aliphatic heterocycles. The maximum absolute atomic E-state index is 5.48. The Morgan fingerprint density at radius 3 is 3.11 bits per heavy atom. The number of nitrogens with one attached hydrogen (secondary N) is 1. The summed E-state index contributed by atoms with van der Waals surface area (Å²) < 4.78 is 7.46. The van der Waals surface area contributed by atoms with E-state index in [2.05, 4.69) is 41.6 Å². The second kappa shape index (κ2) is 6.24. The first kappa shape index (κ1) is 13.4. The van der Waals surface area contributed by atoms with Crippen molar-refractivity contribution in [3.63, 3.8) is 0 Å². The minimum absolute atomic E-state index is 0.190. The van der Waals surface area contributed by atoms with Crippen molar-refractivity contribution >= 4 is 0 Å². The molecule has 0 radical (unpaired) electrons. The molecule has 1 fully saturated rings. The maximum atomic E-state index is 5.48. The van der Waals surface area contributed by atoms with Crippen molar-refractivity contribution < 1.29 is 4.74 Å². The Labute approximate surface area is 108 Å². The van der Waals surface area contributed by atoms with E-state index in [0.29, 0.717) is 12.0 Å². The average Bonchev–Trinajstić information content (AvgIpc) is 2.85. The number of nitrogens with zero attached hydrogens (tertiary/aromatic N) is 4. The number of rotatable bonds is 5. The van der Waals surface area contributed by atoms with Gasteiger partial charge in [0, 0.05) is 12.5 Å². The predicted molar refractivity (Wildman–Crippen MR) is 68.2 cm³/mol. The lowest BCUT2D eigenvalue weighted by Crippen LogP contribution is -2.32. The molecule has 0 amide bonds. The molecule has 3 atom stereocenters. The molecule has 0 bridgehead atoms. The van der Waals surface area contributed by atoms with Crippen LogP contribution >= 0.6 is 0 Å². The van der Waals surface area contributed by atoms with Crippen LogP contribution in [0.3, 0.4) is 0 Å². The topological polar surface area (TPSA) is 64.9 Å². The Balaban J connectivity index is 2.10. The van der Waals surface area contributed by atoms with Gasteiger partial charge in [0.15, 0.2) is 5.82 Å². The first-order valence-electron chi connectivity index (χ1n) is 6.83. The molecule has 1 aromatic heterocycles. The lowest BCUT2D eigenvalue weighted by atomic mass is 9.98. The molecule has 2 heterocycles. The van der Waals surface area contributed by atoms with Crippen molar-refractivity contribution in [2.45, 2.75) is 45.7 Å². The van der Waals surface area contributed by atoms with E-state index in [1.807, 2.05) is 4.68 Å². The van der Waals surface area contributed by atoms with Gasteiger partial charge in [-0.1, -0.05) is 13.8 Å². The van der Waals surface area contributed by atoms with Gasteiger partial charge in [-0.2, -0.15) is 0 Å². The van der Waals surface area contributed by atoms with E-state index in [1.165, 1.54) is 0 Å². The molecule has 18 heavy (non-hydrogen) atoms. The summed E-state index contributed by atoms with van der Waals surface area (Å²) in [5.74, 6) is 1.39. The largest absolute Gasteiger partial charge is 0.381 e. The molecule has 1 aliphatic rings. The van der Waals surface area contributed by atoms with Gasteiger partial charge in [0.05, 0.1) is 18.7 Å². The number of aromatic nitrogens is 4. The van der Waals surface area contributed by atoms with E-state index >= 15 is 0 Å². The summed E-state index contributed by atoms with van der Waals surface area (Å²) in [6, 6.07) is 0.546. The van der Waals surface area contributed by atoms with Crippen molar-refractivity contribution in [1.82, 2.24) is 25.5 Å². The van der Waals surface area contributed by atoms with Gasteiger partial charge in [0.2, 0.25) is 0 Å². The lowest BCUT2D eigenvalue weighted by Gasteiger charge is -2.29. The van der Waals surface area contributed by atoms with Crippen molar-refractivity contribution in [2.75, 3.05) is 19.8 Å². The monoisotopic (exact) mass is 253 g/mol. The van der Waals surface area contributed by atoms with Gasteiger partial charge in [-0.05, 0) is 36.7 Å². The molecule has 6 heteroatoms. The second-order valence-corrected chi connectivity index (χ2v) is 5.07. The van der Waals surface area contributed by atoms with Crippen LogP contribution in [-0.2, 0) is 4.74 Å². The minimum Gasteiger partial charge on any atom is -0.381 e. The number of hydrogen-bond acceptors (Lipinski definition) is 5. The predicted octanol–water partition coefficient (Wildman–Crippen LogP) is 1.33. The minimum atomic E-state index is 0.190. The third-order valence-corrected chi connectivity index (χ3v) is 3.52. The maximum Gasteiger partial charge on any atom is 0.168 e. The second-order valence-electron chi connectivity index (χ2n) is 5.07. The summed E-state index contributed by atoms with van der Waals surface area (Å²) in [5, 5.41) is 15.6. The fraction of sp³-hybridized carbons (Fsp3) is 0.917. The van der Waals surface area contributed by atoms with Crippen LogP contribution in [0.5, 0.6) is 0 Å². The van der Waals surface area contributed by atoms with Gasteiger partial charge in [0.1, 0.15) is 0 Å². The van der Waals surface area contributed by atoms with Gasteiger partial charge < -0.3 is 10.1 Å². The molecule has 0 spiro atoms. The van der Waals surface area contributed by atoms with Gasteiger partial charge in [-0.3, -0.25) is 0 Å². The summed E-state index contributed by atoms with van der Waals surface area (Å²) in [5.41, 5.74) is 0. The van der Waals surface area contributed by atoms with Crippen LogP contribution < -0.4 is 5.32 Å². The summed E-state index contributed by atoms with van der Waals surface area (Å²) in [7, 11) is 0. The SMILES string of the molecule is CCCNC(C)c1nnnn1C1CCOCC1C. The first-order chi connectivity index (χ1) is 8.74. The van der Waals surface area contributed by atoms with Gasteiger partial charge in [-0.15, -0.1) is 5.10 Å². The lowest BCUT2D eigenvalue weighted by molar-refractivity contribution is 0.0231. The molecule has 1 N–H and O–H groups in total.